The highest BCUT2D eigenvalue weighted by molar-refractivity contribution is 5.55. The number of hydrogen-bond acceptors (Lipinski definition) is 3. The molecule has 1 N–H and O–H groups in total. The fraction of sp³-hybridized carbons (Fsp3) is 0.625. The Morgan fingerprint density at radius 2 is 1.75 bits per heavy atom. The maximum atomic E-state index is 13.4. The zero-order valence-electron chi connectivity index (χ0n) is 12.9. The summed E-state index contributed by atoms with van der Waals surface area (Å²) in [6, 6.07) is 4.60. The normalized spacial score (nSPS) is 22.6. The van der Waals surface area contributed by atoms with Gasteiger partial charge in [-0.15, -0.1) is 0 Å². The molecule has 1 aromatic carbocycles. The number of aliphatic hydroxyl groups excluding tert-OH is 1. The van der Waals surface area contributed by atoms with Crippen LogP contribution in [0.3, 0.4) is 0 Å². The second-order valence-electron chi connectivity index (χ2n) is 6.86. The molecule has 0 saturated carbocycles. The second-order valence-corrected chi connectivity index (χ2v) is 6.86. The van der Waals surface area contributed by atoms with Crippen LogP contribution in [0.2, 0.25) is 0 Å². The van der Waals surface area contributed by atoms with E-state index in [9.17, 15) is 9.50 Å². The SMILES string of the molecule is C[C@H](O)c1cc(F)ccc1N1CC(C)(C)OC(C)(C)C1. The van der Waals surface area contributed by atoms with Gasteiger partial charge < -0.3 is 14.7 Å². The smallest absolute Gasteiger partial charge is 0.123 e. The first-order chi connectivity index (χ1) is 9.10. The monoisotopic (exact) mass is 281 g/mol. The van der Waals surface area contributed by atoms with Crippen molar-refractivity contribution in [3.8, 4) is 0 Å². The van der Waals surface area contributed by atoms with E-state index in [1.165, 1.54) is 12.1 Å². The summed E-state index contributed by atoms with van der Waals surface area (Å²) in [5, 5.41) is 9.90. The lowest BCUT2D eigenvalue weighted by molar-refractivity contribution is -0.133. The Morgan fingerprint density at radius 1 is 1.20 bits per heavy atom. The lowest BCUT2D eigenvalue weighted by Crippen LogP contribution is -2.57. The summed E-state index contributed by atoms with van der Waals surface area (Å²) in [7, 11) is 0. The van der Waals surface area contributed by atoms with Crippen LogP contribution < -0.4 is 4.90 Å². The van der Waals surface area contributed by atoms with Crippen LogP contribution >= 0.6 is 0 Å². The van der Waals surface area contributed by atoms with Crippen LogP contribution in [-0.2, 0) is 4.74 Å². The summed E-state index contributed by atoms with van der Waals surface area (Å²) in [6.07, 6.45) is -0.699. The highest BCUT2D eigenvalue weighted by atomic mass is 19.1. The van der Waals surface area contributed by atoms with Gasteiger partial charge in [-0.2, -0.15) is 0 Å². The maximum Gasteiger partial charge on any atom is 0.123 e. The molecule has 0 unspecified atom stereocenters. The van der Waals surface area contributed by atoms with Gasteiger partial charge in [0.05, 0.1) is 17.3 Å². The molecule has 112 valence electrons. The van der Waals surface area contributed by atoms with Gasteiger partial charge >= 0.3 is 0 Å². The van der Waals surface area contributed by atoms with Gasteiger partial charge in [0.2, 0.25) is 0 Å². The Bertz CT molecular complexity index is 481. The van der Waals surface area contributed by atoms with E-state index in [2.05, 4.69) is 4.90 Å². The number of halogens is 1. The Hall–Kier alpha value is -1.13. The van der Waals surface area contributed by atoms with Gasteiger partial charge in [0.15, 0.2) is 0 Å². The van der Waals surface area contributed by atoms with Gasteiger partial charge in [-0.05, 0) is 52.8 Å². The van der Waals surface area contributed by atoms with Crippen molar-refractivity contribution in [2.24, 2.45) is 0 Å². The Kier molecular flexibility index (Phi) is 3.82. The molecule has 20 heavy (non-hydrogen) atoms. The quantitative estimate of drug-likeness (QED) is 0.903. The molecule has 0 aromatic heterocycles. The minimum absolute atomic E-state index is 0.286. The van der Waals surface area contributed by atoms with E-state index < -0.39 is 6.10 Å². The van der Waals surface area contributed by atoms with Crippen LogP contribution in [0.4, 0.5) is 10.1 Å². The van der Waals surface area contributed by atoms with E-state index >= 15 is 0 Å². The number of nitrogens with zero attached hydrogens (tertiary/aromatic N) is 1. The minimum atomic E-state index is -0.699. The molecular weight excluding hydrogens is 257 g/mol. The summed E-state index contributed by atoms with van der Waals surface area (Å²) < 4.78 is 19.5. The van der Waals surface area contributed by atoms with Gasteiger partial charge in [-0.1, -0.05) is 0 Å². The molecule has 0 radical (unpaired) electrons. The zero-order chi connectivity index (χ0) is 15.1. The molecule has 1 aromatic rings. The van der Waals surface area contributed by atoms with Gasteiger partial charge in [-0.3, -0.25) is 0 Å². The van der Waals surface area contributed by atoms with Crippen molar-refractivity contribution in [3.05, 3.63) is 29.6 Å². The average molecular weight is 281 g/mol. The predicted octanol–water partition coefficient (Wildman–Crippen LogP) is 3.27. The summed E-state index contributed by atoms with van der Waals surface area (Å²) >= 11 is 0. The third-order valence-corrected chi connectivity index (χ3v) is 3.48. The number of aliphatic hydroxyl groups is 1. The van der Waals surface area contributed by atoms with Crippen LogP contribution in [0.1, 0.15) is 46.3 Å². The van der Waals surface area contributed by atoms with Gasteiger partial charge in [0.1, 0.15) is 5.82 Å². The zero-order valence-corrected chi connectivity index (χ0v) is 12.9. The number of morpholine rings is 1. The van der Waals surface area contributed by atoms with E-state index in [0.717, 1.165) is 5.69 Å². The molecule has 0 spiro atoms. The topological polar surface area (TPSA) is 32.7 Å². The molecule has 0 aliphatic carbocycles. The molecule has 1 aliphatic heterocycles. The fourth-order valence-corrected chi connectivity index (χ4v) is 3.11. The maximum absolute atomic E-state index is 13.4. The van der Waals surface area contributed by atoms with Crippen LogP contribution in [0.15, 0.2) is 18.2 Å². The number of hydrogen-bond donors (Lipinski definition) is 1. The third kappa shape index (κ3) is 3.30. The number of anilines is 1. The van der Waals surface area contributed by atoms with Crippen LogP contribution in [0.5, 0.6) is 0 Å². The highest BCUT2D eigenvalue weighted by Gasteiger charge is 2.38. The van der Waals surface area contributed by atoms with Crippen LogP contribution in [-0.4, -0.2) is 29.4 Å². The number of benzene rings is 1. The number of rotatable bonds is 2. The van der Waals surface area contributed by atoms with E-state index in [-0.39, 0.29) is 17.0 Å². The molecule has 0 amide bonds. The third-order valence-electron chi connectivity index (χ3n) is 3.48. The molecule has 1 fully saturated rings. The summed E-state index contributed by atoms with van der Waals surface area (Å²) in [4.78, 5) is 2.17. The number of ether oxygens (including phenoxy) is 1. The average Bonchev–Trinajstić information content (AvgIpc) is 2.24. The van der Waals surface area contributed by atoms with Crippen molar-refractivity contribution < 1.29 is 14.2 Å². The van der Waals surface area contributed by atoms with Crippen molar-refractivity contribution in [2.45, 2.75) is 51.9 Å². The summed E-state index contributed by atoms with van der Waals surface area (Å²) in [5.74, 6) is -0.323. The Labute approximate surface area is 120 Å². The molecule has 4 heteroatoms. The molecule has 2 rings (SSSR count). The molecule has 1 atom stereocenters. The van der Waals surface area contributed by atoms with Gasteiger partial charge in [-0.25, -0.2) is 4.39 Å². The lowest BCUT2D eigenvalue weighted by atomic mass is 9.96. The van der Waals surface area contributed by atoms with Crippen molar-refractivity contribution in [2.75, 3.05) is 18.0 Å². The van der Waals surface area contributed by atoms with Crippen molar-refractivity contribution in [1.29, 1.82) is 0 Å². The van der Waals surface area contributed by atoms with Crippen LogP contribution in [0, 0.1) is 5.82 Å². The molecule has 1 saturated heterocycles. The van der Waals surface area contributed by atoms with Crippen LogP contribution in [0.25, 0.3) is 0 Å². The molecular formula is C16H24FNO2. The lowest BCUT2D eigenvalue weighted by Gasteiger charge is -2.48. The van der Waals surface area contributed by atoms with E-state index in [1.807, 2.05) is 27.7 Å². The molecule has 3 nitrogen and oxygen atoms in total. The minimum Gasteiger partial charge on any atom is -0.389 e. The van der Waals surface area contributed by atoms with Crippen molar-refractivity contribution in [3.63, 3.8) is 0 Å². The molecule has 1 heterocycles. The molecule has 1 aliphatic rings. The van der Waals surface area contributed by atoms with Crippen molar-refractivity contribution >= 4 is 5.69 Å². The fourth-order valence-electron chi connectivity index (χ4n) is 3.11. The Morgan fingerprint density at radius 3 is 2.25 bits per heavy atom. The Balaban J connectivity index is 2.40. The first-order valence-electron chi connectivity index (χ1n) is 7.02. The van der Waals surface area contributed by atoms with E-state index in [0.29, 0.717) is 18.7 Å². The van der Waals surface area contributed by atoms with E-state index in [4.69, 9.17) is 4.74 Å². The first-order valence-corrected chi connectivity index (χ1v) is 7.02. The van der Waals surface area contributed by atoms with E-state index in [1.54, 1.807) is 13.0 Å². The highest BCUT2D eigenvalue weighted by Crippen LogP contribution is 2.35. The second kappa shape index (κ2) is 5.01. The molecule has 0 bridgehead atoms. The first kappa shape index (κ1) is 15.3. The summed E-state index contributed by atoms with van der Waals surface area (Å²) in [6.45, 7) is 11.3. The van der Waals surface area contributed by atoms with Gasteiger partial charge in [0, 0.05) is 24.3 Å². The largest absolute Gasteiger partial charge is 0.389 e. The standard InChI is InChI=1S/C16H24FNO2/c1-11(19)13-8-12(17)6-7-14(13)18-9-15(2,3)20-16(4,5)10-18/h6-8,11,19H,9-10H2,1-5H3/t11-/m0/s1. The van der Waals surface area contributed by atoms with Gasteiger partial charge in [0.25, 0.3) is 0 Å². The predicted molar refractivity (Wildman–Crippen MR) is 78.5 cm³/mol. The summed E-state index contributed by atoms with van der Waals surface area (Å²) in [5.41, 5.74) is 0.933. The van der Waals surface area contributed by atoms with Crippen molar-refractivity contribution in [1.82, 2.24) is 0 Å².